The molecule has 1 N–H and O–H groups in total. The molecule has 98 valence electrons. The van der Waals surface area contributed by atoms with Crippen molar-refractivity contribution in [1.29, 1.82) is 0 Å². The molecule has 0 bridgehead atoms. The molecular formula is C13H28ClNO. The highest BCUT2D eigenvalue weighted by Crippen LogP contribution is 2.19. The number of hydrogen-bond acceptors (Lipinski definition) is 2. The van der Waals surface area contributed by atoms with E-state index in [4.69, 9.17) is 11.6 Å². The highest BCUT2D eigenvalue weighted by atomic mass is 35.5. The van der Waals surface area contributed by atoms with Crippen molar-refractivity contribution in [1.82, 2.24) is 4.90 Å². The zero-order chi connectivity index (χ0) is 12.6. The lowest BCUT2D eigenvalue weighted by atomic mass is 10.0. The van der Waals surface area contributed by atoms with Crippen LogP contribution in [0.15, 0.2) is 0 Å². The van der Waals surface area contributed by atoms with Gasteiger partial charge in [0.05, 0.1) is 6.10 Å². The van der Waals surface area contributed by atoms with E-state index in [2.05, 4.69) is 25.7 Å². The van der Waals surface area contributed by atoms with E-state index in [1.54, 1.807) is 0 Å². The summed E-state index contributed by atoms with van der Waals surface area (Å²) in [4.78, 5) is 2.40. The smallest absolute Gasteiger partial charge is 0.0527 e. The predicted molar refractivity (Wildman–Crippen MR) is 72.2 cm³/mol. The van der Waals surface area contributed by atoms with E-state index >= 15 is 0 Å². The molecule has 2 nitrogen and oxygen atoms in total. The lowest BCUT2D eigenvalue weighted by Gasteiger charge is -2.32. The molecule has 0 aromatic heterocycles. The maximum Gasteiger partial charge on any atom is 0.0527 e. The van der Waals surface area contributed by atoms with Crippen LogP contribution in [-0.2, 0) is 0 Å². The average Bonchev–Trinajstić information content (AvgIpc) is 2.18. The first-order chi connectivity index (χ1) is 7.54. The van der Waals surface area contributed by atoms with Gasteiger partial charge in [-0.05, 0) is 39.3 Å². The number of aliphatic hydroxyl groups excluding tert-OH is 1. The Kier molecular flexibility index (Phi) is 9.38. The molecule has 0 rings (SSSR count). The Morgan fingerprint density at radius 1 is 1.12 bits per heavy atom. The number of hydrogen-bond donors (Lipinski definition) is 1. The summed E-state index contributed by atoms with van der Waals surface area (Å²) in [6, 6.07) is 0.420. The quantitative estimate of drug-likeness (QED) is 0.634. The summed E-state index contributed by atoms with van der Waals surface area (Å²) >= 11 is 6.31. The zero-order valence-electron chi connectivity index (χ0n) is 11.2. The standard InChI is InChI=1S/C13H28ClNO/c1-5-8-12(14)10-13(9-11(4)16)15(6-2)7-3/h11-13,16H,5-10H2,1-4H3. The molecule has 0 radical (unpaired) electrons. The zero-order valence-corrected chi connectivity index (χ0v) is 12.0. The van der Waals surface area contributed by atoms with Gasteiger partial charge in [0.15, 0.2) is 0 Å². The van der Waals surface area contributed by atoms with Gasteiger partial charge in [0, 0.05) is 11.4 Å². The Bertz CT molecular complexity index is 160. The fourth-order valence-corrected chi connectivity index (χ4v) is 2.68. The second-order valence-corrected chi connectivity index (χ2v) is 5.20. The summed E-state index contributed by atoms with van der Waals surface area (Å²) in [5.74, 6) is 0. The minimum atomic E-state index is -0.240. The van der Waals surface area contributed by atoms with Crippen LogP contribution in [0.25, 0.3) is 0 Å². The molecule has 0 amide bonds. The van der Waals surface area contributed by atoms with E-state index in [1.807, 2.05) is 6.92 Å². The third-order valence-corrected chi connectivity index (χ3v) is 3.47. The molecule has 0 aliphatic rings. The number of halogens is 1. The second-order valence-electron chi connectivity index (χ2n) is 4.58. The third kappa shape index (κ3) is 6.72. The van der Waals surface area contributed by atoms with E-state index in [0.717, 1.165) is 38.8 Å². The lowest BCUT2D eigenvalue weighted by Crippen LogP contribution is -2.38. The molecule has 0 aromatic rings. The van der Waals surface area contributed by atoms with Crippen molar-refractivity contribution in [2.75, 3.05) is 13.1 Å². The van der Waals surface area contributed by atoms with Crippen molar-refractivity contribution in [3.05, 3.63) is 0 Å². The average molecular weight is 250 g/mol. The van der Waals surface area contributed by atoms with Crippen LogP contribution in [0.1, 0.15) is 53.4 Å². The van der Waals surface area contributed by atoms with Crippen LogP contribution in [0.3, 0.4) is 0 Å². The lowest BCUT2D eigenvalue weighted by molar-refractivity contribution is 0.112. The van der Waals surface area contributed by atoms with Crippen LogP contribution >= 0.6 is 11.6 Å². The Morgan fingerprint density at radius 3 is 2.06 bits per heavy atom. The first-order valence-corrected chi connectivity index (χ1v) is 7.04. The summed E-state index contributed by atoms with van der Waals surface area (Å²) in [5.41, 5.74) is 0. The Labute approximate surface area is 106 Å². The van der Waals surface area contributed by atoms with Crippen molar-refractivity contribution >= 4 is 11.6 Å². The van der Waals surface area contributed by atoms with Gasteiger partial charge < -0.3 is 10.0 Å². The predicted octanol–water partition coefficient (Wildman–Crippen LogP) is 3.27. The molecule has 3 unspecified atom stereocenters. The molecule has 3 heteroatoms. The van der Waals surface area contributed by atoms with E-state index in [0.29, 0.717) is 6.04 Å². The molecule has 0 aliphatic heterocycles. The van der Waals surface area contributed by atoms with Crippen molar-refractivity contribution in [3.63, 3.8) is 0 Å². The highest BCUT2D eigenvalue weighted by Gasteiger charge is 2.20. The molecular weight excluding hydrogens is 222 g/mol. The van der Waals surface area contributed by atoms with Crippen LogP contribution in [0, 0.1) is 0 Å². The van der Waals surface area contributed by atoms with Crippen molar-refractivity contribution in [2.24, 2.45) is 0 Å². The minimum Gasteiger partial charge on any atom is -0.393 e. The molecule has 3 atom stereocenters. The first-order valence-electron chi connectivity index (χ1n) is 6.61. The Balaban J connectivity index is 4.28. The van der Waals surface area contributed by atoms with Gasteiger partial charge in [-0.1, -0.05) is 27.2 Å². The normalized spacial score (nSPS) is 17.4. The van der Waals surface area contributed by atoms with Crippen molar-refractivity contribution in [3.8, 4) is 0 Å². The van der Waals surface area contributed by atoms with Gasteiger partial charge in [-0.15, -0.1) is 11.6 Å². The number of aliphatic hydroxyl groups is 1. The maximum absolute atomic E-state index is 9.54. The van der Waals surface area contributed by atoms with Gasteiger partial charge >= 0.3 is 0 Å². The molecule has 0 aliphatic carbocycles. The topological polar surface area (TPSA) is 23.5 Å². The molecule has 0 saturated carbocycles. The molecule has 0 fully saturated rings. The van der Waals surface area contributed by atoms with E-state index in [1.165, 1.54) is 0 Å². The highest BCUT2D eigenvalue weighted by molar-refractivity contribution is 6.20. The molecule has 0 spiro atoms. The van der Waals surface area contributed by atoms with Crippen LogP contribution in [0.5, 0.6) is 0 Å². The van der Waals surface area contributed by atoms with E-state index in [9.17, 15) is 5.11 Å². The van der Waals surface area contributed by atoms with Crippen LogP contribution in [0.4, 0.5) is 0 Å². The Hall–Kier alpha value is 0.210. The summed E-state index contributed by atoms with van der Waals surface area (Å²) in [7, 11) is 0. The number of alkyl halides is 1. The van der Waals surface area contributed by atoms with Gasteiger partial charge in [-0.3, -0.25) is 0 Å². The fourth-order valence-electron chi connectivity index (χ4n) is 2.25. The van der Waals surface area contributed by atoms with Crippen LogP contribution < -0.4 is 0 Å². The number of rotatable bonds is 9. The van der Waals surface area contributed by atoms with E-state index < -0.39 is 0 Å². The van der Waals surface area contributed by atoms with Crippen molar-refractivity contribution < 1.29 is 5.11 Å². The third-order valence-electron chi connectivity index (χ3n) is 3.07. The minimum absolute atomic E-state index is 0.240. The second kappa shape index (κ2) is 9.26. The largest absolute Gasteiger partial charge is 0.393 e. The SMILES string of the molecule is CCCC(Cl)CC(CC(C)O)N(CC)CC. The summed E-state index contributed by atoms with van der Waals surface area (Å²) < 4.78 is 0. The molecule has 16 heavy (non-hydrogen) atoms. The Morgan fingerprint density at radius 2 is 1.69 bits per heavy atom. The maximum atomic E-state index is 9.54. The summed E-state index contributed by atoms with van der Waals surface area (Å²) in [5, 5.41) is 9.78. The van der Waals surface area contributed by atoms with Crippen molar-refractivity contribution in [2.45, 2.75) is 70.9 Å². The van der Waals surface area contributed by atoms with Gasteiger partial charge in [-0.25, -0.2) is 0 Å². The monoisotopic (exact) mass is 249 g/mol. The summed E-state index contributed by atoms with van der Waals surface area (Å²) in [6.45, 7) is 10.4. The molecule has 0 aromatic carbocycles. The molecule has 0 saturated heterocycles. The van der Waals surface area contributed by atoms with Crippen LogP contribution in [-0.4, -0.2) is 40.6 Å². The van der Waals surface area contributed by atoms with Gasteiger partial charge in [-0.2, -0.15) is 0 Å². The summed E-state index contributed by atoms with van der Waals surface area (Å²) in [6.07, 6.45) is 3.78. The molecule has 0 heterocycles. The van der Waals surface area contributed by atoms with Crippen LogP contribution in [0.2, 0.25) is 0 Å². The fraction of sp³-hybridized carbons (Fsp3) is 1.00. The van der Waals surface area contributed by atoms with Gasteiger partial charge in [0.2, 0.25) is 0 Å². The number of nitrogens with zero attached hydrogens (tertiary/aromatic N) is 1. The first kappa shape index (κ1) is 16.2. The van der Waals surface area contributed by atoms with Gasteiger partial charge in [0.1, 0.15) is 0 Å². The van der Waals surface area contributed by atoms with Gasteiger partial charge in [0.25, 0.3) is 0 Å². The van der Waals surface area contributed by atoms with E-state index in [-0.39, 0.29) is 11.5 Å².